The minimum atomic E-state index is -1.01. The van der Waals surface area contributed by atoms with Gasteiger partial charge in [-0.05, 0) is 19.8 Å². The Morgan fingerprint density at radius 3 is 2.67 bits per heavy atom. The van der Waals surface area contributed by atoms with E-state index in [0.717, 1.165) is 25.7 Å². The van der Waals surface area contributed by atoms with Crippen LogP contribution in [-0.2, 0) is 9.53 Å². The lowest BCUT2D eigenvalue weighted by atomic mass is 10.0. The fraction of sp³-hybridized carbons (Fsp3) is 0.833. The van der Waals surface area contributed by atoms with Crippen LogP contribution in [0.2, 0.25) is 0 Å². The van der Waals surface area contributed by atoms with Gasteiger partial charge in [-0.2, -0.15) is 0 Å². The van der Waals surface area contributed by atoms with Crippen LogP contribution in [0.15, 0.2) is 0 Å². The third kappa shape index (κ3) is 2.75. The van der Waals surface area contributed by atoms with Crippen LogP contribution in [0.1, 0.15) is 32.6 Å². The largest absolute Gasteiger partial charge is 0.480 e. The lowest BCUT2D eigenvalue weighted by molar-refractivity contribution is -0.147. The van der Waals surface area contributed by atoms with Gasteiger partial charge >= 0.3 is 12.0 Å². The Hall–Kier alpha value is -1.30. The summed E-state index contributed by atoms with van der Waals surface area (Å²) in [5.74, 6) is -1.01. The molecule has 6 heteroatoms. The molecule has 0 bridgehead atoms. The number of hydrogen-bond acceptors (Lipinski definition) is 3. The first-order chi connectivity index (χ1) is 8.52. The number of amides is 2. The fourth-order valence-corrected chi connectivity index (χ4v) is 2.66. The number of rotatable bonds is 2. The SMILES string of the molecule is CC1(NC(=O)N2CCOCC2C(=O)O)CCCC1. The second-order valence-electron chi connectivity index (χ2n) is 5.32. The van der Waals surface area contributed by atoms with Crippen molar-refractivity contribution in [3.63, 3.8) is 0 Å². The van der Waals surface area contributed by atoms with Gasteiger partial charge < -0.3 is 20.1 Å². The topological polar surface area (TPSA) is 78.9 Å². The number of ether oxygens (including phenoxy) is 1. The standard InChI is InChI=1S/C12H20N2O4/c1-12(4-2-3-5-12)13-11(17)14-6-7-18-8-9(14)10(15)16/h9H,2-8H2,1H3,(H,13,17)(H,15,16). The lowest BCUT2D eigenvalue weighted by Crippen LogP contribution is -2.59. The third-order valence-corrected chi connectivity index (χ3v) is 3.79. The number of hydrogen-bond donors (Lipinski definition) is 2. The summed E-state index contributed by atoms with van der Waals surface area (Å²) in [6.07, 6.45) is 4.14. The van der Waals surface area contributed by atoms with E-state index in [2.05, 4.69) is 5.32 Å². The highest BCUT2D eigenvalue weighted by Gasteiger charge is 2.37. The highest BCUT2D eigenvalue weighted by atomic mass is 16.5. The van der Waals surface area contributed by atoms with Gasteiger partial charge in [0.15, 0.2) is 6.04 Å². The van der Waals surface area contributed by atoms with Gasteiger partial charge in [0.2, 0.25) is 0 Å². The van der Waals surface area contributed by atoms with E-state index < -0.39 is 12.0 Å². The first-order valence-electron chi connectivity index (χ1n) is 6.41. The average Bonchev–Trinajstić information content (AvgIpc) is 2.75. The van der Waals surface area contributed by atoms with E-state index in [1.807, 2.05) is 6.92 Å². The smallest absolute Gasteiger partial charge is 0.328 e. The molecule has 1 saturated heterocycles. The highest BCUT2D eigenvalue weighted by molar-refractivity contribution is 5.83. The number of nitrogens with one attached hydrogen (secondary N) is 1. The normalized spacial score (nSPS) is 26.9. The zero-order chi connectivity index (χ0) is 13.2. The van der Waals surface area contributed by atoms with Crippen LogP contribution in [0.3, 0.4) is 0 Å². The molecule has 1 saturated carbocycles. The average molecular weight is 256 g/mol. The minimum absolute atomic E-state index is 0.0689. The van der Waals surface area contributed by atoms with E-state index in [-0.39, 0.29) is 18.2 Å². The predicted molar refractivity (Wildman–Crippen MR) is 64.4 cm³/mol. The number of urea groups is 1. The Balaban J connectivity index is 2.00. The molecule has 1 heterocycles. The Morgan fingerprint density at radius 1 is 1.39 bits per heavy atom. The molecule has 6 nitrogen and oxygen atoms in total. The van der Waals surface area contributed by atoms with Crippen molar-refractivity contribution in [2.24, 2.45) is 0 Å². The van der Waals surface area contributed by atoms with Crippen molar-refractivity contribution in [2.45, 2.75) is 44.2 Å². The molecule has 1 aliphatic carbocycles. The number of morpholine rings is 1. The number of nitrogens with zero attached hydrogens (tertiary/aromatic N) is 1. The Bertz CT molecular complexity index is 339. The molecule has 0 aromatic carbocycles. The van der Waals surface area contributed by atoms with Crippen molar-refractivity contribution in [3.8, 4) is 0 Å². The van der Waals surface area contributed by atoms with Crippen LogP contribution in [0.4, 0.5) is 4.79 Å². The number of aliphatic carboxylic acids is 1. The first-order valence-corrected chi connectivity index (χ1v) is 6.41. The van der Waals surface area contributed by atoms with E-state index in [9.17, 15) is 9.59 Å². The summed E-state index contributed by atoms with van der Waals surface area (Å²) in [6.45, 7) is 2.82. The Labute approximate surface area is 106 Å². The molecule has 0 aromatic rings. The molecule has 2 amide bonds. The first kappa shape index (κ1) is 13.1. The van der Waals surface area contributed by atoms with Gasteiger partial charge in [0.05, 0.1) is 13.2 Å². The summed E-state index contributed by atoms with van der Waals surface area (Å²) in [5.41, 5.74) is -0.182. The molecule has 1 aliphatic heterocycles. The monoisotopic (exact) mass is 256 g/mol. The number of carboxylic acid groups (broad SMARTS) is 1. The minimum Gasteiger partial charge on any atom is -0.480 e. The van der Waals surface area contributed by atoms with Crippen LogP contribution in [0.5, 0.6) is 0 Å². The van der Waals surface area contributed by atoms with Crippen LogP contribution in [0.25, 0.3) is 0 Å². The molecular weight excluding hydrogens is 236 g/mol. The van der Waals surface area contributed by atoms with Crippen molar-refractivity contribution in [2.75, 3.05) is 19.8 Å². The van der Waals surface area contributed by atoms with Gasteiger partial charge in [-0.25, -0.2) is 9.59 Å². The summed E-state index contributed by atoms with van der Waals surface area (Å²) < 4.78 is 5.12. The second kappa shape index (κ2) is 5.14. The molecule has 1 atom stereocenters. The molecule has 2 fully saturated rings. The number of carbonyl (C=O) groups is 2. The fourth-order valence-electron chi connectivity index (χ4n) is 2.66. The third-order valence-electron chi connectivity index (χ3n) is 3.79. The zero-order valence-electron chi connectivity index (χ0n) is 10.6. The van der Waals surface area contributed by atoms with E-state index in [0.29, 0.717) is 13.2 Å². The maximum absolute atomic E-state index is 12.2. The Kier molecular flexibility index (Phi) is 3.75. The molecule has 0 spiro atoms. The van der Waals surface area contributed by atoms with Crippen LogP contribution in [0, 0.1) is 0 Å². The molecular formula is C12H20N2O4. The summed E-state index contributed by atoms with van der Waals surface area (Å²) in [7, 11) is 0. The molecule has 2 aliphatic rings. The number of carbonyl (C=O) groups excluding carboxylic acids is 1. The van der Waals surface area contributed by atoms with Crippen molar-refractivity contribution in [1.82, 2.24) is 10.2 Å². The lowest BCUT2D eigenvalue weighted by Gasteiger charge is -2.36. The van der Waals surface area contributed by atoms with Crippen molar-refractivity contribution in [1.29, 1.82) is 0 Å². The highest BCUT2D eigenvalue weighted by Crippen LogP contribution is 2.29. The van der Waals surface area contributed by atoms with Crippen LogP contribution >= 0.6 is 0 Å². The van der Waals surface area contributed by atoms with Gasteiger partial charge in [0.1, 0.15) is 0 Å². The van der Waals surface area contributed by atoms with Crippen molar-refractivity contribution in [3.05, 3.63) is 0 Å². The molecule has 2 rings (SSSR count). The summed E-state index contributed by atoms with van der Waals surface area (Å²) in [6, 6.07) is -1.15. The molecule has 0 radical (unpaired) electrons. The number of carboxylic acids is 1. The molecule has 102 valence electrons. The van der Waals surface area contributed by atoms with E-state index in [4.69, 9.17) is 9.84 Å². The Morgan fingerprint density at radius 2 is 2.06 bits per heavy atom. The van der Waals surface area contributed by atoms with E-state index in [1.54, 1.807) is 0 Å². The maximum atomic E-state index is 12.2. The van der Waals surface area contributed by atoms with E-state index >= 15 is 0 Å². The van der Waals surface area contributed by atoms with Gasteiger partial charge in [0.25, 0.3) is 0 Å². The summed E-state index contributed by atoms with van der Waals surface area (Å²) >= 11 is 0. The van der Waals surface area contributed by atoms with Crippen LogP contribution < -0.4 is 5.32 Å². The van der Waals surface area contributed by atoms with Crippen molar-refractivity contribution < 1.29 is 19.4 Å². The van der Waals surface area contributed by atoms with Gasteiger partial charge in [-0.3, -0.25) is 0 Å². The van der Waals surface area contributed by atoms with Gasteiger partial charge in [-0.15, -0.1) is 0 Å². The molecule has 1 unspecified atom stereocenters. The zero-order valence-corrected chi connectivity index (χ0v) is 10.6. The summed E-state index contributed by atoms with van der Waals surface area (Å²) in [4.78, 5) is 24.6. The molecule has 18 heavy (non-hydrogen) atoms. The van der Waals surface area contributed by atoms with Gasteiger partial charge in [-0.1, -0.05) is 12.8 Å². The predicted octanol–water partition coefficient (Wildman–Crippen LogP) is 0.814. The summed E-state index contributed by atoms with van der Waals surface area (Å²) in [5, 5.41) is 12.1. The quantitative estimate of drug-likeness (QED) is 0.766. The van der Waals surface area contributed by atoms with Crippen LogP contribution in [-0.4, -0.2) is 53.3 Å². The van der Waals surface area contributed by atoms with Gasteiger partial charge in [0, 0.05) is 12.1 Å². The van der Waals surface area contributed by atoms with Crippen molar-refractivity contribution >= 4 is 12.0 Å². The molecule has 0 aromatic heterocycles. The molecule has 2 N–H and O–H groups in total. The second-order valence-corrected chi connectivity index (χ2v) is 5.32. The van der Waals surface area contributed by atoms with E-state index in [1.165, 1.54) is 4.90 Å². The maximum Gasteiger partial charge on any atom is 0.328 e.